The Morgan fingerprint density at radius 3 is 2.46 bits per heavy atom. The summed E-state index contributed by atoms with van der Waals surface area (Å²) in [5.41, 5.74) is 1.87. The van der Waals surface area contributed by atoms with Gasteiger partial charge in [-0.05, 0) is 32.1 Å². The van der Waals surface area contributed by atoms with Crippen molar-refractivity contribution in [1.29, 1.82) is 0 Å². The fourth-order valence-electron chi connectivity index (χ4n) is 3.40. The average molecular weight is 357 g/mol. The maximum atomic E-state index is 12.5. The number of hydrogen-bond donors (Lipinski definition) is 1. The monoisotopic (exact) mass is 357 g/mol. The highest BCUT2D eigenvalue weighted by Gasteiger charge is 2.24. The Morgan fingerprint density at radius 1 is 1.08 bits per heavy atom. The fraction of sp³-hybridized carbons (Fsp3) is 0.579. The van der Waals surface area contributed by atoms with E-state index in [2.05, 4.69) is 21.4 Å². The van der Waals surface area contributed by atoms with Crippen LogP contribution in [0.3, 0.4) is 0 Å². The molecule has 1 N–H and O–H groups in total. The van der Waals surface area contributed by atoms with Gasteiger partial charge in [-0.15, -0.1) is 0 Å². The average Bonchev–Trinajstić information content (AvgIpc) is 2.69. The molecule has 0 radical (unpaired) electrons. The van der Waals surface area contributed by atoms with Crippen molar-refractivity contribution in [2.45, 2.75) is 39.0 Å². The van der Waals surface area contributed by atoms with E-state index in [1.54, 1.807) is 22.9 Å². The first kappa shape index (κ1) is 18.4. The number of nitrogens with zero attached hydrogens (tertiary/aromatic N) is 4. The number of allylic oxidation sites excluding steroid dienone is 1. The summed E-state index contributed by atoms with van der Waals surface area (Å²) in [5.74, 6) is 0.621. The molecule has 140 valence electrons. The lowest BCUT2D eigenvalue weighted by molar-refractivity contribution is -0.130. The van der Waals surface area contributed by atoms with Gasteiger partial charge in [0.2, 0.25) is 5.91 Å². The van der Waals surface area contributed by atoms with Crippen molar-refractivity contribution in [2.75, 3.05) is 38.0 Å². The van der Waals surface area contributed by atoms with E-state index in [0.717, 1.165) is 13.0 Å². The smallest absolute Gasteiger partial charge is 0.274 e. The van der Waals surface area contributed by atoms with Gasteiger partial charge in [0.15, 0.2) is 0 Å². The van der Waals surface area contributed by atoms with Gasteiger partial charge in [-0.3, -0.25) is 9.59 Å². The molecule has 0 atom stereocenters. The second kappa shape index (κ2) is 8.78. The molecule has 2 amide bonds. The summed E-state index contributed by atoms with van der Waals surface area (Å²) in [6.07, 6.45) is 11.5. The van der Waals surface area contributed by atoms with Gasteiger partial charge in [0.25, 0.3) is 5.91 Å². The second-order valence-corrected chi connectivity index (χ2v) is 6.87. The van der Waals surface area contributed by atoms with Gasteiger partial charge in [0.05, 0.1) is 12.4 Å². The van der Waals surface area contributed by atoms with Crippen LogP contribution in [0.25, 0.3) is 0 Å². The normalized spacial score (nSPS) is 17.7. The van der Waals surface area contributed by atoms with Crippen LogP contribution in [-0.2, 0) is 4.79 Å². The van der Waals surface area contributed by atoms with E-state index in [1.807, 2.05) is 0 Å². The summed E-state index contributed by atoms with van der Waals surface area (Å²) in [7, 11) is 0. The van der Waals surface area contributed by atoms with Crippen LogP contribution in [0, 0.1) is 0 Å². The molecule has 0 aromatic carbocycles. The lowest BCUT2D eigenvalue weighted by atomic mass is 9.97. The lowest BCUT2D eigenvalue weighted by Crippen LogP contribution is -2.50. The molecule has 0 saturated carbocycles. The first-order valence-electron chi connectivity index (χ1n) is 9.42. The predicted octanol–water partition coefficient (Wildman–Crippen LogP) is 2.08. The number of hydrogen-bond acceptors (Lipinski definition) is 5. The van der Waals surface area contributed by atoms with Gasteiger partial charge in [-0.25, -0.2) is 9.97 Å². The number of anilines is 1. The SMILES string of the molecule is CC(=O)N1CCN(C(=O)c2cnc(NCCC3=CCCCC3)cn2)CC1. The van der Waals surface area contributed by atoms with Crippen molar-refractivity contribution in [3.05, 3.63) is 29.7 Å². The lowest BCUT2D eigenvalue weighted by Gasteiger charge is -2.33. The molecule has 1 aliphatic carbocycles. The molecule has 1 aromatic rings. The van der Waals surface area contributed by atoms with Crippen LogP contribution < -0.4 is 5.32 Å². The van der Waals surface area contributed by atoms with Crippen LogP contribution in [0.5, 0.6) is 0 Å². The Bertz CT molecular complexity index is 663. The summed E-state index contributed by atoms with van der Waals surface area (Å²) >= 11 is 0. The van der Waals surface area contributed by atoms with Gasteiger partial charge in [-0.2, -0.15) is 0 Å². The molecular weight excluding hydrogens is 330 g/mol. The zero-order valence-corrected chi connectivity index (χ0v) is 15.4. The molecule has 1 fully saturated rings. The van der Waals surface area contributed by atoms with Gasteiger partial charge in [0.1, 0.15) is 11.5 Å². The molecule has 0 bridgehead atoms. The first-order valence-corrected chi connectivity index (χ1v) is 9.42. The number of rotatable bonds is 5. The standard InChI is InChI=1S/C19H27N5O2/c1-15(25)23-9-11-24(12-10-23)19(26)17-13-22-18(14-21-17)20-8-7-16-5-3-2-4-6-16/h5,13-14H,2-4,6-12H2,1H3,(H,20,22). The van der Waals surface area contributed by atoms with Crippen LogP contribution in [0.1, 0.15) is 49.5 Å². The second-order valence-electron chi connectivity index (χ2n) is 6.87. The van der Waals surface area contributed by atoms with Gasteiger partial charge < -0.3 is 15.1 Å². The van der Waals surface area contributed by atoms with E-state index in [9.17, 15) is 9.59 Å². The van der Waals surface area contributed by atoms with Crippen LogP contribution in [0.4, 0.5) is 5.82 Å². The Hall–Kier alpha value is -2.44. The third-order valence-corrected chi connectivity index (χ3v) is 5.02. The highest BCUT2D eigenvalue weighted by molar-refractivity contribution is 5.92. The Labute approximate surface area is 154 Å². The summed E-state index contributed by atoms with van der Waals surface area (Å²) in [4.78, 5) is 35.9. The number of carbonyl (C=O) groups excluding carboxylic acids is 2. The number of nitrogens with one attached hydrogen (secondary N) is 1. The molecular formula is C19H27N5O2. The predicted molar refractivity (Wildman–Crippen MR) is 99.8 cm³/mol. The molecule has 7 nitrogen and oxygen atoms in total. The van der Waals surface area contributed by atoms with Crippen LogP contribution in [-0.4, -0.2) is 64.3 Å². The van der Waals surface area contributed by atoms with Gasteiger partial charge in [-0.1, -0.05) is 11.6 Å². The summed E-state index contributed by atoms with van der Waals surface area (Å²) in [6, 6.07) is 0. The maximum absolute atomic E-state index is 12.5. The summed E-state index contributed by atoms with van der Waals surface area (Å²) in [5, 5.41) is 3.27. The molecule has 0 unspecified atom stereocenters. The van der Waals surface area contributed by atoms with Crippen molar-refractivity contribution in [2.24, 2.45) is 0 Å². The topological polar surface area (TPSA) is 78.4 Å². The number of amides is 2. The van der Waals surface area contributed by atoms with Crippen LogP contribution in [0.15, 0.2) is 24.0 Å². The van der Waals surface area contributed by atoms with Crippen molar-refractivity contribution in [1.82, 2.24) is 19.8 Å². The number of piperazine rings is 1. The van der Waals surface area contributed by atoms with Crippen LogP contribution in [0.2, 0.25) is 0 Å². The molecule has 3 rings (SSSR count). The molecule has 2 aliphatic rings. The van der Waals surface area contributed by atoms with Gasteiger partial charge in [0, 0.05) is 39.6 Å². The van der Waals surface area contributed by atoms with E-state index in [-0.39, 0.29) is 11.8 Å². The third kappa shape index (κ3) is 4.80. The largest absolute Gasteiger partial charge is 0.368 e. The van der Waals surface area contributed by atoms with Crippen molar-refractivity contribution in [3.63, 3.8) is 0 Å². The van der Waals surface area contributed by atoms with E-state index in [4.69, 9.17) is 0 Å². The maximum Gasteiger partial charge on any atom is 0.274 e. The number of aromatic nitrogens is 2. The molecule has 26 heavy (non-hydrogen) atoms. The minimum absolute atomic E-state index is 0.0521. The highest BCUT2D eigenvalue weighted by atomic mass is 16.2. The Balaban J connectivity index is 1.47. The molecule has 1 saturated heterocycles. The molecule has 7 heteroatoms. The zero-order valence-electron chi connectivity index (χ0n) is 15.4. The van der Waals surface area contributed by atoms with Gasteiger partial charge >= 0.3 is 0 Å². The zero-order chi connectivity index (χ0) is 18.4. The molecule has 0 spiro atoms. The highest BCUT2D eigenvalue weighted by Crippen LogP contribution is 2.19. The van der Waals surface area contributed by atoms with E-state index in [0.29, 0.717) is 37.7 Å². The van der Waals surface area contributed by atoms with E-state index >= 15 is 0 Å². The van der Waals surface area contributed by atoms with Crippen LogP contribution >= 0.6 is 0 Å². The minimum atomic E-state index is -0.125. The fourth-order valence-corrected chi connectivity index (χ4v) is 3.40. The number of carbonyl (C=O) groups is 2. The first-order chi connectivity index (χ1) is 12.6. The summed E-state index contributed by atoms with van der Waals surface area (Å²) in [6.45, 7) is 4.61. The van der Waals surface area contributed by atoms with Crippen molar-refractivity contribution >= 4 is 17.6 Å². The minimum Gasteiger partial charge on any atom is -0.368 e. The third-order valence-electron chi connectivity index (χ3n) is 5.02. The molecule has 1 aliphatic heterocycles. The Morgan fingerprint density at radius 2 is 1.85 bits per heavy atom. The summed E-state index contributed by atoms with van der Waals surface area (Å²) < 4.78 is 0. The van der Waals surface area contributed by atoms with Crippen molar-refractivity contribution < 1.29 is 9.59 Å². The van der Waals surface area contributed by atoms with Crippen molar-refractivity contribution in [3.8, 4) is 0 Å². The Kier molecular flexibility index (Phi) is 6.20. The quantitative estimate of drug-likeness (QED) is 0.817. The van der Waals surface area contributed by atoms with E-state index < -0.39 is 0 Å². The van der Waals surface area contributed by atoms with E-state index in [1.165, 1.54) is 37.5 Å². The molecule has 1 aromatic heterocycles. The molecule has 2 heterocycles.